The molecule has 4 nitrogen and oxygen atoms in total. The van der Waals surface area contributed by atoms with Crippen molar-refractivity contribution in [3.8, 4) is 11.5 Å². The average Bonchev–Trinajstić information content (AvgIpc) is 2.47. The fourth-order valence-electron chi connectivity index (χ4n) is 1.96. The second-order valence-corrected chi connectivity index (χ2v) is 4.70. The van der Waals surface area contributed by atoms with E-state index in [1.54, 1.807) is 42.5 Å². The zero-order chi connectivity index (χ0) is 13.9. The number of nitrogens with one attached hydrogen (secondary N) is 1. The number of hydrogen-bond acceptors (Lipinski definition) is 3. The second-order valence-electron chi connectivity index (χ2n) is 4.29. The molecule has 0 aromatic heterocycles. The molecule has 0 saturated heterocycles. The first-order chi connectivity index (χ1) is 9.74. The number of anilines is 1. The maximum absolute atomic E-state index is 12.1. The SMILES string of the molecule is O=C(Nc1ccc2c(c1)OCCO2)c1ccccc1Cl. The molecule has 1 N–H and O–H groups in total. The lowest BCUT2D eigenvalue weighted by Gasteiger charge is -2.19. The molecule has 0 radical (unpaired) electrons. The highest BCUT2D eigenvalue weighted by molar-refractivity contribution is 6.34. The van der Waals surface area contributed by atoms with Crippen molar-refractivity contribution in [1.29, 1.82) is 0 Å². The van der Waals surface area contributed by atoms with E-state index in [-0.39, 0.29) is 5.91 Å². The van der Waals surface area contributed by atoms with Gasteiger partial charge in [0.1, 0.15) is 13.2 Å². The highest BCUT2D eigenvalue weighted by atomic mass is 35.5. The minimum atomic E-state index is -0.257. The molecule has 0 atom stereocenters. The number of carbonyl (C=O) groups is 1. The molecule has 0 spiro atoms. The third-order valence-corrected chi connectivity index (χ3v) is 3.25. The van der Waals surface area contributed by atoms with Gasteiger partial charge in [-0.05, 0) is 24.3 Å². The van der Waals surface area contributed by atoms with Crippen LogP contribution in [-0.4, -0.2) is 19.1 Å². The van der Waals surface area contributed by atoms with Crippen LogP contribution in [0.15, 0.2) is 42.5 Å². The van der Waals surface area contributed by atoms with E-state index in [9.17, 15) is 4.79 Å². The van der Waals surface area contributed by atoms with Crippen LogP contribution in [0.5, 0.6) is 11.5 Å². The first-order valence-electron chi connectivity index (χ1n) is 6.19. The number of rotatable bonds is 2. The van der Waals surface area contributed by atoms with Gasteiger partial charge in [0.2, 0.25) is 0 Å². The molecule has 0 saturated carbocycles. The van der Waals surface area contributed by atoms with Crippen molar-refractivity contribution in [2.24, 2.45) is 0 Å². The van der Waals surface area contributed by atoms with E-state index in [2.05, 4.69) is 5.32 Å². The minimum absolute atomic E-state index is 0.257. The smallest absolute Gasteiger partial charge is 0.257 e. The lowest BCUT2D eigenvalue weighted by atomic mass is 10.2. The van der Waals surface area contributed by atoms with Crippen molar-refractivity contribution in [2.45, 2.75) is 0 Å². The molecule has 2 aromatic rings. The number of carbonyl (C=O) groups excluding carboxylic acids is 1. The van der Waals surface area contributed by atoms with Crippen LogP contribution in [0.3, 0.4) is 0 Å². The van der Waals surface area contributed by atoms with Gasteiger partial charge in [0, 0.05) is 11.8 Å². The summed E-state index contributed by atoms with van der Waals surface area (Å²) in [6.07, 6.45) is 0. The molecule has 0 unspecified atom stereocenters. The number of hydrogen-bond donors (Lipinski definition) is 1. The van der Waals surface area contributed by atoms with Crippen molar-refractivity contribution in [3.05, 3.63) is 53.1 Å². The summed E-state index contributed by atoms with van der Waals surface area (Å²) in [7, 11) is 0. The van der Waals surface area contributed by atoms with Crippen LogP contribution in [0.25, 0.3) is 0 Å². The summed E-state index contributed by atoms with van der Waals surface area (Å²) < 4.78 is 10.9. The van der Waals surface area contributed by atoms with E-state index in [4.69, 9.17) is 21.1 Å². The number of halogens is 1. The minimum Gasteiger partial charge on any atom is -0.486 e. The Bertz CT molecular complexity index is 657. The molecular formula is C15H12ClNO3. The Kier molecular flexibility index (Phi) is 3.48. The molecule has 3 rings (SSSR count). The van der Waals surface area contributed by atoms with Gasteiger partial charge in [-0.1, -0.05) is 23.7 Å². The number of benzene rings is 2. The largest absolute Gasteiger partial charge is 0.486 e. The van der Waals surface area contributed by atoms with Gasteiger partial charge in [0.15, 0.2) is 11.5 Å². The van der Waals surface area contributed by atoms with Crippen molar-refractivity contribution >= 4 is 23.2 Å². The second kappa shape index (κ2) is 5.43. The van der Waals surface area contributed by atoms with Crippen molar-refractivity contribution in [1.82, 2.24) is 0 Å². The predicted molar refractivity (Wildman–Crippen MR) is 76.8 cm³/mol. The first kappa shape index (κ1) is 12.8. The monoisotopic (exact) mass is 289 g/mol. The summed E-state index contributed by atoms with van der Waals surface area (Å²) in [5.41, 5.74) is 1.07. The van der Waals surface area contributed by atoms with Crippen molar-refractivity contribution < 1.29 is 14.3 Å². The van der Waals surface area contributed by atoms with Gasteiger partial charge in [-0.2, -0.15) is 0 Å². The van der Waals surface area contributed by atoms with Gasteiger partial charge in [-0.15, -0.1) is 0 Å². The quantitative estimate of drug-likeness (QED) is 0.922. The predicted octanol–water partition coefficient (Wildman–Crippen LogP) is 3.36. The Morgan fingerprint density at radius 1 is 1.05 bits per heavy atom. The molecule has 1 aliphatic rings. The molecule has 1 amide bonds. The van der Waals surface area contributed by atoms with Gasteiger partial charge in [-0.3, -0.25) is 4.79 Å². The molecule has 20 heavy (non-hydrogen) atoms. The lowest BCUT2D eigenvalue weighted by molar-refractivity contribution is 0.102. The van der Waals surface area contributed by atoms with Crippen LogP contribution in [0.1, 0.15) is 10.4 Å². The van der Waals surface area contributed by atoms with E-state index in [1.807, 2.05) is 0 Å². The highest BCUT2D eigenvalue weighted by Crippen LogP contribution is 2.32. The first-order valence-corrected chi connectivity index (χ1v) is 6.57. The fraction of sp³-hybridized carbons (Fsp3) is 0.133. The van der Waals surface area contributed by atoms with Crippen LogP contribution < -0.4 is 14.8 Å². The van der Waals surface area contributed by atoms with Gasteiger partial charge >= 0.3 is 0 Å². The zero-order valence-electron chi connectivity index (χ0n) is 10.6. The Balaban J connectivity index is 1.81. The zero-order valence-corrected chi connectivity index (χ0v) is 11.3. The van der Waals surface area contributed by atoms with Crippen LogP contribution in [-0.2, 0) is 0 Å². The molecule has 1 aliphatic heterocycles. The molecule has 102 valence electrons. The Labute approximate surface area is 121 Å². The highest BCUT2D eigenvalue weighted by Gasteiger charge is 2.14. The number of fused-ring (bicyclic) bond motifs is 1. The van der Waals surface area contributed by atoms with Crippen molar-refractivity contribution in [2.75, 3.05) is 18.5 Å². The average molecular weight is 290 g/mol. The standard InChI is InChI=1S/C15H12ClNO3/c16-12-4-2-1-3-11(12)15(18)17-10-5-6-13-14(9-10)20-8-7-19-13/h1-6,9H,7-8H2,(H,17,18). The van der Waals surface area contributed by atoms with Gasteiger partial charge in [0.25, 0.3) is 5.91 Å². The van der Waals surface area contributed by atoms with Crippen LogP contribution >= 0.6 is 11.6 Å². The molecule has 1 heterocycles. The normalized spacial score (nSPS) is 12.8. The van der Waals surface area contributed by atoms with Gasteiger partial charge < -0.3 is 14.8 Å². The Morgan fingerprint density at radius 2 is 1.80 bits per heavy atom. The summed E-state index contributed by atoms with van der Waals surface area (Å²) in [6, 6.07) is 12.2. The van der Waals surface area contributed by atoms with Crippen LogP contribution in [0.2, 0.25) is 5.02 Å². The summed E-state index contributed by atoms with van der Waals surface area (Å²) in [5.74, 6) is 1.06. The van der Waals surface area contributed by atoms with E-state index >= 15 is 0 Å². The number of ether oxygens (including phenoxy) is 2. The molecule has 0 fully saturated rings. The van der Waals surface area contributed by atoms with Crippen LogP contribution in [0, 0.1) is 0 Å². The van der Waals surface area contributed by atoms with E-state index < -0.39 is 0 Å². The summed E-state index contributed by atoms with van der Waals surface area (Å²) in [6.45, 7) is 1.05. The third-order valence-electron chi connectivity index (χ3n) is 2.92. The van der Waals surface area contributed by atoms with E-state index in [0.717, 1.165) is 0 Å². The van der Waals surface area contributed by atoms with Gasteiger partial charge in [-0.25, -0.2) is 0 Å². The summed E-state index contributed by atoms with van der Waals surface area (Å²) in [5, 5.41) is 3.21. The van der Waals surface area contributed by atoms with Gasteiger partial charge in [0.05, 0.1) is 10.6 Å². The summed E-state index contributed by atoms with van der Waals surface area (Å²) in [4.78, 5) is 12.1. The van der Waals surface area contributed by atoms with E-state index in [1.165, 1.54) is 0 Å². The maximum atomic E-state index is 12.1. The maximum Gasteiger partial charge on any atom is 0.257 e. The lowest BCUT2D eigenvalue weighted by Crippen LogP contribution is -2.16. The summed E-state index contributed by atoms with van der Waals surface area (Å²) >= 11 is 6.00. The molecule has 5 heteroatoms. The molecule has 2 aromatic carbocycles. The topological polar surface area (TPSA) is 47.6 Å². The third kappa shape index (κ3) is 2.56. The van der Waals surface area contributed by atoms with E-state index in [0.29, 0.717) is 41.0 Å². The molecular weight excluding hydrogens is 278 g/mol. The Morgan fingerprint density at radius 3 is 2.60 bits per heavy atom. The van der Waals surface area contributed by atoms with Crippen LogP contribution in [0.4, 0.5) is 5.69 Å². The fourth-order valence-corrected chi connectivity index (χ4v) is 2.19. The molecule has 0 bridgehead atoms. The van der Waals surface area contributed by atoms with Crippen molar-refractivity contribution in [3.63, 3.8) is 0 Å². The number of amides is 1. The molecule has 0 aliphatic carbocycles. The Hall–Kier alpha value is -2.20.